The first-order valence-corrected chi connectivity index (χ1v) is 9.49. The number of nitrogens with zero attached hydrogens (tertiary/aromatic N) is 2. The molecule has 3 nitrogen and oxygen atoms in total. The number of rotatable bonds is 2. The smallest absolute Gasteiger partial charge is 0.324 e. The molecule has 0 atom stereocenters. The van der Waals surface area contributed by atoms with E-state index in [0.717, 1.165) is 57.4 Å². The summed E-state index contributed by atoms with van der Waals surface area (Å²) in [6.07, 6.45) is 5.49. The van der Waals surface area contributed by atoms with Gasteiger partial charge < -0.3 is 4.90 Å². The molecule has 25 heavy (non-hydrogen) atoms. The van der Waals surface area contributed by atoms with Gasteiger partial charge in [-0.25, -0.2) is 4.79 Å². The van der Waals surface area contributed by atoms with Crippen molar-refractivity contribution in [2.45, 2.75) is 32.1 Å². The van der Waals surface area contributed by atoms with E-state index in [-0.39, 0.29) is 6.03 Å². The highest BCUT2D eigenvalue weighted by atomic mass is 16.2. The first-order valence-electron chi connectivity index (χ1n) is 9.49. The summed E-state index contributed by atoms with van der Waals surface area (Å²) in [6, 6.07) is 19.3. The molecular formula is C22H26N2O. The van der Waals surface area contributed by atoms with Crippen molar-refractivity contribution in [3.05, 3.63) is 65.7 Å². The van der Waals surface area contributed by atoms with E-state index in [1.54, 1.807) is 0 Å². The second-order valence-electron chi connectivity index (χ2n) is 7.29. The summed E-state index contributed by atoms with van der Waals surface area (Å²) in [7, 11) is 0. The summed E-state index contributed by atoms with van der Waals surface area (Å²) >= 11 is 0. The quantitative estimate of drug-likeness (QED) is 0.792. The molecule has 2 amide bonds. The van der Waals surface area contributed by atoms with Gasteiger partial charge in [-0.2, -0.15) is 0 Å². The molecule has 130 valence electrons. The van der Waals surface area contributed by atoms with Crippen LogP contribution in [0.4, 0.5) is 10.5 Å². The number of anilines is 1. The zero-order valence-electron chi connectivity index (χ0n) is 14.7. The van der Waals surface area contributed by atoms with Crippen molar-refractivity contribution in [3.63, 3.8) is 0 Å². The molecule has 0 unspecified atom stereocenters. The van der Waals surface area contributed by atoms with Gasteiger partial charge in [-0.1, -0.05) is 48.5 Å². The molecule has 0 saturated carbocycles. The fraction of sp³-hybridized carbons (Fsp3) is 0.409. The Morgan fingerprint density at radius 3 is 2.44 bits per heavy atom. The van der Waals surface area contributed by atoms with E-state index in [4.69, 9.17) is 0 Å². The number of para-hydroxylation sites is 1. The molecule has 0 N–H and O–H groups in total. The number of benzene rings is 2. The fourth-order valence-corrected chi connectivity index (χ4v) is 4.18. The van der Waals surface area contributed by atoms with Gasteiger partial charge in [-0.3, -0.25) is 4.90 Å². The average molecular weight is 334 g/mol. The van der Waals surface area contributed by atoms with Crippen molar-refractivity contribution >= 4 is 11.7 Å². The van der Waals surface area contributed by atoms with Gasteiger partial charge in [0, 0.05) is 25.3 Å². The molecule has 0 aliphatic carbocycles. The van der Waals surface area contributed by atoms with Crippen molar-refractivity contribution < 1.29 is 4.79 Å². The van der Waals surface area contributed by atoms with Crippen LogP contribution in [0.15, 0.2) is 54.6 Å². The summed E-state index contributed by atoms with van der Waals surface area (Å²) in [6.45, 7) is 2.61. The van der Waals surface area contributed by atoms with Crippen molar-refractivity contribution in [2.24, 2.45) is 5.92 Å². The van der Waals surface area contributed by atoms with Gasteiger partial charge in [0.25, 0.3) is 0 Å². The Kier molecular flexibility index (Phi) is 4.73. The van der Waals surface area contributed by atoms with Gasteiger partial charge >= 0.3 is 6.03 Å². The van der Waals surface area contributed by atoms with Gasteiger partial charge in [0.15, 0.2) is 0 Å². The molecular weight excluding hydrogens is 308 g/mol. The van der Waals surface area contributed by atoms with Crippen LogP contribution in [0.2, 0.25) is 0 Å². The number of amides is 2. The molecule has 1 fully saturated rings. The largest absolute Gasteiger partial charge is 0.324 e. The van der Waals surface area contributed by atoms with Crippen LogP contribution in [-0.2, 0) is 12.8 Å². The predicted molar refractivity (Wildman–Crippen MR) is 102 cm³/mol. The number of aryl methyl sites for hydroxylation is 1. The molecule has 2 aromatic carbocycles. The van der Waals surface area contributed by atoms with Crippen LogP contribution in [-0.4, -0.2) is 30.6 Å². The summed E-state index contributed by atoms with van der Waals surface area (Å²) in [5.41, 5.74) is 3.84. The first-order chi connectivity index (χ1) is 12.3. The third-order valence-electron chi connectivity index (χ3n) is 5.59. The average Bonchev–Trinajstić information content (AvgIpc) is 2.68. The molecule has 3 heteroatoms. The third-order valence-corrected chi connectivity index (χ3v) is 5.59. The number of hydrogen-bond acceptors (Lipinski definition) is 1. The van der Waals surface area contributed by atoms with Crippen LogP contribution < -0.4 is 4.90 Å². The van der Waals surface area contributed by atoms with Gasteiger partial charge in [0.1, 0.15) is 0 Å². The molecule has 0 aromatic heterocycles. The summed E-state index contributed by atoms with van der Waals surface area (Å²) < 4.78 is 0. The maximum absolute atomic E-state index is 13.0. The summed E-state index contributed by atoms with van der Waals surface area (Å²) in [5, 5.41) is 0. The number of piperidine rings is 1. The zero-order chi connectivity index (χ0) is 17.1. The lowest BCUT2D eigenvalue weighted by Crippen LogP contribution is -2.48. The fourth-order valence-electron chi connectivity index (χ4n) is 4.18. The molecule has 4 rings (SSSR count). The lowest BCUT2D eigenvalue weighted by molar-refractivity contribution is 0.176. The molecule has 2 aliphatic heterocycles. The van der Waals surface area contributed by atoms with E-state index in [1.165, 1.54) is 11.1 Å². The molecule has 0 spiro atoms. The van der Waals surface area contributed by atoms with E-state index in [0.29, 0.717) is 5.92 Å². The van der Waals surface area contributed by atoms with Crippen molar-refractivity contribution in [2.75, 3.05) is 24.5 Å². The van der Waals surface area contributed by atoms with Gasteiger partial charge in [-0.15, -0.1) is 0 Å². The Balaban J connectivity index is 1.37. The molecule has 2 aliphatic rings. The van der Waals surface area contributed by atoms with Crippen LogP contribution >= 0.6 is 0 Å². The minimum atomic E-state index is 0.199. The highest BCUT2D eigenvalue weighted by Gasteiger charge is 2.29. The Labute approximate surface area is 150 Å². The first kappa shape index (κ1) is 16.2. The van der Waals surface area contributed by atoms with Crippen LogP contribution in [0.3, 0.4) is 0 Å². The van der Waals surface area contributed by atoms with Crippen LogP contribution in [0.5, 0.6) is 0 Å². The Morgan fingerprint density at radius 1 is 0.920 bits per heavy atom. The molecule has 1 saturated heterocycles. The Hall–Kier alpha value is -2.29. The maximum atomic E-state index is 13.0. The molecule has 2 aromatic rings. The lowest BCUT2D eigenvalue weighted by Gasteiger charge is -2.38. The normalized spacial score (nSPS) is 18.1. The van der Waals surface area contributed by atoms with E-state index in [2.05, 4.69) is 53.4 Å². The molecule has 2 heterocycles. The standard InChI is InChI=1S/C22H26N2O/c25-22(24-14-6-10-20-9-4-5-11-21(20)24)23-15-12-19(13-16-23)17-18-7-2-1-3-8-18/h1-5,7-9,11,19H,6,10,12-17H2. The van der Waals surface area contributed by atoms with E-state index in [1.807, 2.05) is 11.0 Å². The van der Waals surface area contributed by atoms with Crippen molar-refractivity contribution in [1.29, 1.82) is 0 Å². The second kappa shape index (κ2) is 7.30. The molecule has 0 radical (unpaired) electrons. The Bertz CT molecular complexity index is 720. The van der Waals surface area contributed by atoms with E-state index in [9.17, 15) is 4.79 Å². The lowest BCUT2D eigenvalue weighted by atomic mass is 9.90. The third kappa shape index (κ3) is 3.55. The van der Waals surface area contributed by atoms with Crippen molar-refractivity contribution in [1.82, 2.24) is 4.90 Å². The highest BCUT2D eigenvalue weighted by molar-refractivity contribution is 5.93. The highest BCUT2D eigenvalue weighted by Crippen LogP contribution is 2.29. The molecule has 0 bridgehead atoms. The predicted octanol–water partition coefficient (Wildman–Crippen LogP) is 4.51. The number of hydrogen-bond donors (Lipinski definition) is 0. The van der Waals surface area contributed by atoms with Crippen LogP contribution in [0, 0.1) is 5.92 Å². The minimum Gasteiger partial charge on any atom is -0.324 e. The number of likely N-dealkylation sites (tertiary alicyclic amines) is 1. The maximum Gasteiger partial charge on any atom is 0.324 e. The van der Waals surface area contributed by atoms with Crippen LogP contribution in [0.1, 0.15) is 30.4 Å². The Morgan fingerprint density at radius 2 is 1.64 bits per heavy atom. The van der Waals surface area contributed by atoms with Gasteiger partial charge in [0.2, 0.25) is 0 Å². The SMILES string of the molecule is O=C(N1CCC(Cc2ccccc2)CC1)N1CCCc2ccccc21. The minimum absolute atomic E-state index is 0.199. The second-order valence-corrected chi connectivity index (χ2v) is 7.29. The summed E-state index contributed by atoms with van der Waals surface area (Å²) in [5.74, 6) is 0.695. The zero-order valence-corrected chi connectivity index (χ0v) is 14.7. The van der Waals surface area contributed by atoms with Crippen LogP contribution in [0.25, 0.3) is 0 Å². The number of carbonyl (C=O) groups excluding carboxylic acids is 1. The van der Waals surface area contributed by atoms with E-state index < -0.39 is 0 Å². The summed E-state index contributed by atoms with van der Waals surface area (Å²) in [4.78, 5) is 17.1. The number of carbonyl (C=O) groups is 1. The van der Waals surface area contributed by atoms with Gasteiger partial charge in [-0.05, 0) is 55.2 Å². The van der Waals surface area contributed by atoms with E-state index >= 15 is 0 Å². The number of urea groups is 1. The van der Waals surface area contributed by atoms with Crippen molar-refractivity contribution in [3.8, 4) is 0 Å². The monoisotopic (exact) mass is 334 g/mol. The number of fused-ring (bicyclic) bond motifs is 1. The topological polar surface area (TPSA) is 23.6 Å². The van der Waals surface area contributed by atoms with Gasteiger partial charge in [0.05, 0.1) is 0 Å².